The molecule has 7 unspecified atom stereocenters. The molecule has 1 heterocycles. The van der Waals surface area contributed by atoms with E-state index in [2.05, 4.69) is 67.8 Å². The Morgan fingerprint density at radius 3 is 1.06 bits per heavy atom. The van der Waals surface area contributed by atoms with Crippen molar-refractivity contribution in [1.29, 1.82) is 0 Å². The Kier molecular flexibility index (Phi) is 62.7. The fourth-order valence-corrected chi connectivity index (χ4v) is 12.0. The van der Waals surface area contributed by atoms with Crippen molar-refractivity contribution in [3.05, 3.63) is 60.8 Å². The van der Waals surface area contributed by atoms with Gasteiger partial charge in [0, 0.05) is 6.42 Å². The summed E-state index contributed by atoms with van der Waals surface area (Å²) < 4.78 is 11.3. The van der Waals surface area contributed by atoms with Gasteiger partial charge in [0.15, 0.2) is 6.29 Å². The van der Waals surface area contributed by atoms with Crippen LogP contribution in [0.15, 0.2) is 60.8 Å². The molecular formula is C77H143NO8. The van der Waals surface area contributed by atoms with Crippen molar-refractivity contribution in [3.63, 3.8) is 0 Å². The smallest absolute Gasteiger partial charge is 0.220 e. The third-order valence-corrected chi connectivity index (χ3v) is 17.8. The van der Waals surface area contributed by atoms with Crippen molar-refractivity contribution in [2.24, 2.45) is 0 Å². The molecule has 1 aliphatic heterocycles. The van der Waals surface area contributed by atoms with Gasteiger partial charge in [-0.3, -0.25) is 4.79 Å². The van der Waals surface area contributed by atoms with Crippen molar-refractivity contribution in [3.8, 4) is 0 Å². The number of nitrogens with one attached hydrogen (secondary N) is 1. The van der Waals surface area contributed by atoms with Gasteiger partial charge >= 0.3 is 0 Å². The molecule has 1 rings (SSSR count). The summed E-state index contributed by atoms with van der Waals surface area (Å²) in [6.45, 7) is 3.80. The van der Waals surface area contributed by atoms with E-state index >= 15 is 0 Å². The number of hydrogen-bond acceptors (Lipinski definition) is 8. The molecule has 0 aromatic carbocycles. The van der Waals surface area contributed by atoms with E-state index in [1.807, 2.05) is 6.08 Å². The van der Waals surface area contributed by atoms with Crippen molar-refractivity contribution in [2.75, 3.05) is 13.2 Å². The van der Waals surface area contributed by atoms with Crippen LogP contribution >= 0.6 is 0 Å². The molecule has 9 nitrogen and oxygen atoms in total. The van der Waals surface area contributed by atoms with Crippen molar-refractivity contribution < 1.29 is 39.8 Å². The molecule has 0 aromatic heterocycles. The van der Waals surface area contributed by atoms with E-state index in [4.69, 9.17) is 9.47 Å². The summed E-state index contributed by atoms with van der Waals surface area (Å²) in [4.78, 5) is 13.1. The number of amides is 1. The fourth-order valence-electron chi connectivity index (χ4n) is 12.0. The van der Waals surface area contributed by atoms with E-state index in [0.717, 1.165) is 51.4 Å². The van der Waals surface area contributed by atoms with Crippen LogP contribution in [0.5, 0.6) is 0 Å². The first-order chi connectivity index (χ1) is 42.3. The minimum Gasteiger partial charge on any atom is -0.394 e. The first-order valence-electron chi connectivity index (χ1n) is 37.5. The van der Waals surface area contributed by atoms with Gasteiger partial charge in [0.1, 0.15) is 24.4 Å². The lowest BCUT2D eigenvalue weighted by atomic mass is 9.99. The minimum atomic E-state index is -1.57. The summed E-state index contributed by atoms with van der Waals surface area (Å²) in [5, 5.41) is 54.8. The van der Waals surface area contributed by atoms with Gasteiger partial charge in [-0.25, -0.2) is 0 Å². The number of unbranched alkanes of at least 4 members (excludes halogenated alkanes) is 48. The third kappa shape index (κ3) is 53.7. The van der Waals surface area contributed by atoms with Crippen molar-refractivity contribution in [2.45, 2.75) is 410 Å². The Labute approximate surface area is 532 Å². The lowest BCUT2D eigenvalue weighted by molar-refractivity contribution is -0.302. The molecule has 0 bridgehead atoms. The molecule has 1 amide bonds. The van der Waals surface area contributed by atoms with Gasteiger partial charge < -0.3 is 40.3 Å². The quantitative estimate of drug-likeness (QED) is 0.0261. The van der Waals surface area contributed by atoms with Crippen LogP contribution in [-0.2, 0) is 14.3 Å². The van der Waals surface area contributed by atoms with Crippen LogP contribution in [-0.4, -0.2) is 87.5 Å². The zero-order valence-corrected chi connectivity index (χ0v) is 56.6. The molecule has 1 aliphatic rings. The molecule has 0 aliphatic carbocycles. The van der Waals surface area contributed by atoms with E-state index in [1.54, 1.807) is 6.08 Å². The number of aliphatic hydroxyl groups excluding tert-OH is 5. The number of carbonyl (C=O) groups excluding carboxylic acids is 1. The van der Waals surface area contributed by atoms with Crippen LogP contribution in [0.2, 0.25) is 0 Å². The number of allylic oxidation sites excluding steroid dienone is 9. The molecule has 1 saturated heterocycles. The monoisotopic (exact) mass is 1210 g/mol. The summed E-state index contributed by atoms with van der Waals surface area (Å²) >= 11 is 0. The van der Waals surface area contributed by atoms with Gasteiger partial charge in [0.05, 0.1) is 25.4 Å². The second-order valence-electron chi connectivity index (χ2n) is 26.1. The Hall–Kier alpha value is -2.11. The molecule has 504 valence electrons. The molecule has 1 fully saturated rings. The highest BCUT2D eigenvalue weighted by Gasteiger charge is 2.44. The third-order valence-electron chi connectivity index (χ3n) is 17.8. The lowest BCUT2D eigenvalue weighted by Gasteiger charge is -2.40. The molecule has 6 N–H and O–H groups in total. The Morgan fingerprint density at radius 2 is 0.698 bits per heavy atom. The molecule has 0 saturated carbocycles. The number of rotatable bonds is 66. The maximum atomic E-state index is 13.1. The van der Waals surface area contributed by atoms with Crippen LogP contribution in [0, 0.1) is 0 Å². The highest BCUT2D eigenvalue weighted by atomic mass is 16.7. The molecular weight excluding hydrogens is 1070 g/mol. The summed E-state index contributed by atoms with van der Waals surface area (Å²) in [7, 11) is 0. The second kappa shape index (κ2) is 65.8. The van der Waals surface area contributed by atoms with E-state index < -0.39 is 49.5 Å². The van der Waals surface area contributed by atoms with Crippen molar-refractivity contribution >= 4 is 5.91 Å². The van der Waals surface area contributed by atoms with Crippen LogP contribution < -0.4 is 5.32 Å². The average molecular weight is 1210 g/mol. The van der Waals surface area contributed by atoms with Gasteiger partial charge in [0.25, 0.3) is 0 Å². The summed E-state index contributed by atoms with van der Waals surface area (Å²) in [6, 6.07) is -0.823. The minimum absolute atomic E-state index is 0.180. The zero-order chi connectivity index (χ0) is 62.1. The Bertz CT molecular complexity index is 1540. The van der Waals surface area contributed by atoms with Crippen LogP contribution in [0.1, 0.15) is 367 Å². The number of ether oxygens (including phenoxy) is 2. The molecule has 86 heavy (non-hydrogen) atoms. The maximum Gasteiger partial charge on any atom is 0.220 e. The van der Waals surface area contributed by atoms with Gasteiger partial charge in [0.2, 0.25) is 5.91 Å². The van der Waals surface area contributed by atoms with Gasteiger partial charge in [-0.15, -0.1) is 0 Å². The topological polar surface area (TPSA) is 149 Å². The van der Waals surface area contributed by atoms with Gasteiger partial charge in [-0.2, -0.15) is 0 Å². The average Bonchev–Trinajstić information content (AvgIpc) is 2.36. The number of hydrogen-bond donors (Lipinski definition) is 6. The van der Waals surface area contributed by atoms with Gasteiger partial charge in [-0.05, 0) is 70.6 Å². The largest absolute Gasteiger partial charge is 0.394 e. The first kappa shape index (κ1) is 81.9. The van der Waals surface area contributed by atoms with E-state index in [0.29, 0.717) is 6.42 Å². The summed E-state index contributed by atoms with van der Waals surface area (Å²) in [5.41, 5.74) is 0. The Morgan fingerprint density at radius 1 is 0.395 bits per heavy atom. The predicted molar refractivity (Wildman–Crippen MR) is 369 cm³/mol. The SMILES string of the molecule is CCCCCCC/C=C\C/C=C\C/C=C\CCCCCCCCCCCCCCCCCCCCCCCCCCCCC(=O)NC(COC1OC(CO)C(O)C(O)C1O)C(O)/C=C/CC/C=C/CCCCCCCCCCCCCCCCCC. The molecule has 0 radical (unpaired) electrons. The van der Waals surface area contributed by atoms with Gasteiger partial charge in [-0.1, -0.05) is 351 Å². The summed E-state index contributed by atoms with van der Waals surface area (Å²) in [5.74, 6) is -0.180. The highest BCUT2D eigenvalue weighted by molar-refractivity contribution is 5.76. The number of carbonyl (C=O) groups is 1. The van der Waals surface area contributed by atoms with Crippen LogP contribution in [0.25, 0.3) is 0 Å². The molecule has 0 aromatic rings. The molecule has 7 atom stereocenters. The normalized spacial score (nSPS) is 18.3. The van der Waals surface area contributed by atoms with Crippen LogP contribution in [0.3, 0.4) is 0 Å². The standard InChI is InChI=1S/C77H143NO8/c1-3-5-7-9-11-13-15-17-19-21-23-25-27-28-29-30-31-32-33-34-35-36-37-38-39-40-41-42-43-44-45-47-49-51-53-55-57-59-61-63-65-67-73(81)78-70(69-85-77-76(84)75(83)74(82)72(68-79)86-77)71(80)66-64-62-60-58-56-54-52-50-48-46-26-24-22-20-18-16-14-12-10-8-6-4-2/h15,17,21,23,27-28,56,58,64,66,70-72,74-77,79-80,82-84H,3-14,16,18-20,22,24-26,29-55,57,59-63,65,67-69H2,1-2H3,(H,78,81)/b17-15-,23-21-,28-27-,58-56+,66-64+. The van der Waals surface area contributed by atoms with E-state index in [-0.39, 0.29) is 12.5 Å². The van der Waals surface area contributed by atoms with E-state index in [9.17, 15) is 30.3 Å². The molecule has 9 heteroatoms. The van der Waals surface area contributed by atoms with Crippen molar-refractivity contribution in [1.82, 2.24) is 5.32 Å². The second-order valence-corrected chi connectivity index (χ2v) is 26.1. The highest BCUT2D eigenvalue weighted by Crippen LogP contribution is 2.23. The zero-order valence-electron chi connectivity index (χ0n) is 56.6. The fraction of sp³-hybridized carbons (Fsp3) is 0.857. The number of aliphatic hydroxyl groups is 5. The first-order valence-corrected chi connectivity index (χ1v) is 37.5. The predicted octanol–water partition coefficient (Wildman–Crippen LogP) is 20.9. The summed E-state index contributed by atoms with van der Waals surface area (Å²) in [6.07, 6.45) is 85.0. The van der Waals surface area contributed by atoms with Crippen LogP contribution in [0.4, 0.5) is 0 Å². The Balaban J connectivity index is 2.06. The van der Waals surface area contributed by atoms with E-state index in [1.165, 1.54) is 295 Å². The lowest BCUT2D eigenvalue weighted by Crippen LogP contribution is -2.60. The maximum absolute atomic E-state index is 13.1. The molecule has 0 spiro atoms.